The Morgan fingerprint density at radius 2 is 1.63 bits per heavy atom. The number of phenolic OH excluding ortho intramolecular Hbond substituents is 1. The van der Waals surface area contributed by atoms with Crippen molar-refractivity contribution in [3.8, 4) is 5.75 Å². The van der Waals surface area contributed by atoms with Crippen molar-refractivity contribution < 1.29 is 74.1 Å². The highest BCUT2D eigenvalue weighted by Gasteiger charge is 2.57. The molecule has 0 unspecified atom stereocenters. The molecule has 0 spiro atoms. The zero-order valence-corrected chi connectivity index (χ0v) is 23.1. The summed E-state index contributed by atoms with van der Waals surface area (Å²) in [5.74, 6) is -2.85. The highest BCUT2D eigenvalue weighted by atomic mass is 16.7. The van der Waals surface area contributed by atoms with E-state index in [2.05, 4.69) is 0 Å². The lowest BCUT2D eigenvalue weighted by Gasteiger charge is -2.49. The lowest BCUT2D eigenvalue weighted by atomic mass is 9.76. The fraction of sp³-hybridized carbons (Fsp3) is 0.536. The Kier molecular flexibility index (Phi) is 8.99. The fourth-order valence-corrected chi connectivity index (χ4v) is 5.74. The number of phenols is 1. The summed E-state index contributed by atoms with van der Waals surface area (Å²) in [6.45, 7) is -1.18. The number of carbonyl (C=O) groups is 1. The van der Waals surface area contributed by atoms with E-state index >= 15 is 0 Å². The number of aromatic hydroxyl groups is 1. The van der Waals surface area contributed by atoms with Crippen LogP contribution in [0.25, 0.3) is 5.76 Å². The number of hydrogen-bond donors (Lipinski definition) is 8. The lowest BCUT2D eigenvalue weighted by molar-refractivity contribution is -0.329. The molecule has 11 atom stereocenters. The second-order valence-electron chi connectivity index (χ2n) is 10.5. The van der Waals surface area contributed by atoms with Gasteiger partial charge in [0.1, 0.15) is 66.4 Å². The Morgan fingerprint density at radius 1 is 0.930 bits per heavy atom. The summed E-state index contributed by atoms with van der Waals surface area (Å²) in [5.41, 5.74) is 0.150. The maximum Gasteiger partial charge on any atom is 0.199 e. The van der Waals surface area contributed by atoms with Crippen LogP contribution in [0, 0.1) is 5.92 Å². The molecule has 236 valence electrons. The number of aliphatic hydroxyl groups excluding tert-OH is 7. The largest absolute Gasteiger partial charge is 0.508 e. The molecular weight excluding hydrogens is 576 g/mol. The molecule has 0 amide bonds. The Bertz CT molecular complexity index is 1290. The van der Waals surface area contributed by atoms with E-state index in [4.69, 9.17) is 28.4 Å². The van der Waals surface area contributed by atoms with E-state index in [9.17, 15) is 45.6 Å². The first-order valence-electron chi connectivity index (χ1n) is 13.4. The van der Waals surface area contributed by atoms with Crippen molar-refractivity contribution in [1.82, 2.24) is 0 Å². The number of benzene rings is 1. The number of ether oxygens (including phenoxy) is 6. The molecule has 2 fully saturated rings. The lowest BCUT2D eigenvalue weighted by Crippen LogP contribution is -2.65. The van der Waals surface area contributed by atoms with Gasteiger partial charge in [-0.3, -0.25) is 4.79 Å². The van der Waals surface area contributed by atoms with Crippen molar-refractivity contribution in [3.05, 3.63) is 58.8 Å². The monoisotopic (exact) mass is 610 g/mol. The van der Waals surface area contributed by atoms with Gasteiger partial charge in [0.2, 0.25) is 0 Å². The fourth-order valence-electron chi connectivity index (χ4n) is 5.74. The Morgan fingerprint density at radius 3 is 2.26 bits per heavy atom. The predicted octanol–water partition coefficient (Wildman–Crippen LogP) is -2.05. The van der Waals surface area contributed by atoms with Crippen molar-refractivity contribution in [1.29, 1.82) is 0 Å². The van der Waals surface area contributed by atoms with Crippen LogP contribution < -0.4 is 0 Å². The Balaban J connectivity index is 1.60. The number of fused-ring (bicyclic) bond motifs is 1. The Labute approximate surface area is 245 Å². The molecule has 1 aromatic carbocycles. The molecule has 4 aliphatic rings. The maximum atomic E-state index is 13.5. The van der Waals surface area contributed by atoms with Crippen molar-refractivity contribution in [2.24, 2.45) is 5.92 Å². The van der Waals surface area contributed by atoms with E-state index < -0.39 is 91.9 Å². The zero-order valence-electron chi connectivity index (χ0n) is 23.1. The minimum Gasteiger partial charge on any atom is -0.508 e. The van der Waals surface area contributed by atoms with Gasteiger partial charge in [0.25, 0.3) is 0 Å². The first-order chi connectivity index (χ1) is 20.5. The van der Waals surface area contributed by atoms with Crippen molar-refractivity contribution in [2.75, 3.05) is 27.4 Å². The minimum atomic E-state index is -1.80. The van der Waals surface area contributed by atoms with Crippen LogP contribution in [-0.2, 0) is 33.2 Å². The number of carbonyl (C=O) groups excluding carboxylic acids is 1. The molecule has 1 aromatic rings. The smallest absolute Gasteiger partial charge is 0.199 e. The summed E-state index contributed by atoms with van der Waals surface area (Å²) >= 11 is 0. The predicted molar refractivity (Wildman–Crippen MR) is 141 cm³/mol. The van der Waals surface area contributed by atoms with E-state index in [1.807, 2.05) is 0 Å². The second kappa shape index (κ2) is 12.4. The molecule has 8 N–H and O–H groups in total. The van der Waals surface area contributed by atoms with E-state index in [0.29, 0.717) is 5.56 Å². The summed E-state index contributed by atoms with van der Waals surface area (Å²) in [7, 11) is 2.47. The number of aliphatic hydroxyl groups is 7. The van der Waals surface area contributed by atoms with Crippen LogP contribution in [0.4, 0.5) is 0 Å². The highest BCUT2D eigenvalue weighted by molar-refractivity contribution is 6.10. The van der Waals surface area contributed by atoms with Gasteiger partial charge in [-0.15, -0.1) is 0 Å². The SMILES string of the molecule is COC1=C(OC)[C@H]([C@@H]2O[C@H](CO)[C@@H](O)[C@H](O)[C@H]2O[C@@H]2OC[C@@H](O)[C@H](O)[C@H]2O)[C@H]2OC(c3ccc(O)cc3)=CC(=O)C2=C1O. The molecule has 0 saturated carbocycles. The van der Waals surface area contributed by atoms with Gasteiger partial charge in [-0.25, -0.2) is 0 Å². The van der Waals surface area contributed by atoms with Crippen LogP contribution in [0.15, 0.2) is 53.2 Å². The highest BCUT2D eigenvalue weighted by Crippen LogP contribution is 2.46. The number of hydrogen-bond acceptors (Lipinski definition) is 15. The molecule has 0 radical (unpaired) electrons. The molecule has 3 aliphatic heterocycles. The van der Waals surface area contributed by atoms with E-state index in [-0.39, 0.29) is 28.6 Å². The van der Waals surface area contributed by atoms with Gasteiger partial charge in [-0.2, -0.15) is 0 Å². The molecule has 43 heavy (non-hydrogen) atoms. The second-order valence-corrected chi connectivity index (χ2v) is 10.5. The zero-order chi connectivity index (χ0) is 31.2. The van der Waals surface area contributed by atoms with Crippen molar-refractivity contribution in [3.63, 3.8) is 0 Å². The third-order valence-electron chi connectivity index (χ3n) is 7.97. The third-order valence-corrected chi connectivity index (χ3v) is 7.97. The average Bonchev–Trinajstić information content (AvgIpc) is 2.99. The molecular formula is C28H34O15. The molecule has 0 bridgehead atoms. The molecule has 5 rings (SSSR count). The van der Waals surface area contributed by atoms with Gasteiger partial charge in [0.15, 0.2) is 29.4 Å². The summed E-state index contributed by atoms with van der Waals surface area (Å²) in [6, 6.07) is 5.77. The van der Waals surface area contributed by atoms with Crippen LogP contribution in [0.3, 0.4) is 0 Å². The maximum absolute atomic E-state index is 13.5. The summed E-state index contributed by atoms with van der Waals surface area (Å²) < 4.78 is 34.5. The number of rotatable bonds is 7. The van der Waals surface area contributed by atoms with Gasteiger partial charge in [0.05, 0.1) is 38.9 Å². The van der Waals surface area contributed by atoms with E-state index in [1.54, 1.807) is 0 Å². The molecule has 15 heteroatoms. The number of ketones is 1. The summed E-state index contributed by atoms with van der Waals surface area (Å²) in [6.07, 6.45) is -14.6. The van der Waals surface area contributed by atoms with Crippen molar-refractivity contribution in [2.45, 2.75) is 61.2 Å². The van der Waals surface area contributed by atoms with Gasteiger partial charge >= 0.3 is 0 Å². The van der Waals surface area contributed by atoms with Crippen LogP contribution in [0.2, 0.25) is 0 Å². The topological polar surface area (TPSA) is 234 Å². The standard InChI is InChI=1S/C28H34O15/c1-38-24-17(23-16(20(35)26(24)39-2)12(31)7-14(41-23)10-3-5-11(30)6-4-10)25-27(21(36)19(34)15(8-29)42-25)43-28-22(37)18(33)13(32)9-40-28/h3-7,13,15,17-19,21-23,25,27-30,32-37H,8-9H2,1-2H3/t13-,15-,17-,18+,19-,21+,22-,23+,25+,27-,28+/m1/s1. The molecule has 0 aromatic heterocycles. The van der Waals surface area contributed by atoms with Crippen LogP contribution in [0.5, 0.6) is 5.75 Å². The summed E-state index contributed by atoms with van der Waals surface area (Å²) in [4.78, 5) is 13.5. The Hall–Kier alpha value is -3.25. The minimum absolute atomic E-state index is 0.0301. The number of methoxy groups -OCH3 is 2. The first-order valence-corrected chi connectivity index (χ1v) is 13.4. The number of allylic oxidation sites excluding steroid dienone is 1. The quantitative estimate of drug-likeness (QED) is 0.166. The molecule has 3 heterocycles. The molecule has 15 nitrogen and oxygen atoms in total. The molecule has 2 saturated heterocycles. The normalized spacial score (nSPS) is 38.3. The van der Waals surface area contributed by atoms with Crippen molar-refractivity contribution >= 4 is 11.5 Å². The van der Waals surface area contributed by atoms with E-state index in [0.717, 1.165) is 6.08 Å². The van der Waals surface area contributed by atoms with Gasteiger partial charge in [-0.05, 0) is 24.3 Å². The van der Waals surface area contributed by atoms with Crippen LogP contribution in [-0.4, -0.2) is 135 Å². The van der Waals surface area contributed by atoms with Crippen LogP contribution >= 0.6 is 0 Å². The van der Waals surface area contributed by atoms with Gasteiger partial charge in [0, 0.05) is 11.6 Å². The summed E-state index contributed by atoms with van der Waals surface area (Å²) in [5, 5.41) is 83.3. The van der Waals surface area contributed by atoms with Gasteiger partial charge < -0.3 is 69.3 Å². The third kappa shape index (κ3) is 5.48. The van der Waals surface area contributed by atoms with Gasteiger partial charge in [-0.1, -0.05) is 0 Å². The van der Waals surface area contributed by atoms with Crippen LogP contribution in [0.1, 0.15) is 5.56 Å². The first kappa shape index (κ1) is 31.2. The average molecular weight is 611 g/mol. The molecule has 1 aliphatic carbocycles. The van der Waals surface area contributed by atoms with E-state index in [1.165, 1.54) is 38.5 Å².